The van der Waals surface area contributed by atoms with Crippen LogP contribution in [0.2, 0.25) is 0 Å². The van der Waals surface area contributed by atoms with Gasteiger partial charge in [-0.2, -0.15) is 0 Å². The van der Waals surface area contributed by atoms with Crippen LogP contribution in [0.25, 0.3) is 10.9 Å². The number of quaternary nitrogens is 1. The number of fused-ring (bicyclic) bond motifs is 1. The maximum atomic E-state index is 12.7. The molecule has 1 aromatic heterocycles. The number of H-pyrrole nitrogens is 1. The summed E-state index contributed by atoms with van der Waals surface area (Å²) < 4.78 is 0. The van der Waals surface area contributed by atoms with Crippen LogP contribution in [0.1, 0.15) is 16.7 Å². The minimum Gasteiger partial charge on any atom is -0.358 e. The van der Waals surface area contributed by atoms with Crippen LogP contribution in [-0.4, -0.2) is 42.2 Å². The van der Waals surface area contributed by atoms with Crippen LogP contribution in [0.3, 0.4) is 0 Å². The van der Waals surface area contributed by atoms with E-state index in [1.165, 1.54) is 10.5 Å². The Morgan fingerprint density at radius 3 is 2.62 bits per heavy atom. The molecule has 3 N–H and O–H groups in total. The van der Waals surface area contributed by atoms with Gasteiger partial charge in [0, 0.05) is 17.6 Å². The minimum absolute atomic E-state index is 0.0591. The lowest BCUT2D eigenvalue weighted by Crippen LogP contribution is -3.06. The number of rotatable bonds is 7. The second-order valence-electron chi connectivity index (χ2n) is 7.74. The van der Waals surface area contributed by atoms with Gasteiger partial charge in [-0.05, 0) is 47.8 Å². The van der Waals surface area contributed by atoms with Gasteiger partial charge < -0.3 is 20.1 Å². The first-order valence-corrected chi connectivity index (χ1v) is 10.3. The predicted molar refractivity (Wildman–Crippen MR) is 123 cm³/mol. The molecular weight excluding hydrogens is 380 g/mol. The lowest BCUT2D eigenvalue weighted by atomic mass is 10.1. The molecule has 0 radical (unpaired) electrons. The normalized spacial score (nSPS) is 11.0. The van der Waals surface area contributed by atoms with Crippen LogP contribution in [0.4, 0.5) is 0 Å². The fourth-order valence-electron chi connectivity index (χ4n) is 3.18. The van der Waals surface area contributed by atoms with Crippen molar-refractivity contribution in [1.82, 2.24) is 15.2 Å². The molecule has 0 saturated carbocycles. The fourth-order valence-corrected chi connectivity index (χ4v) is 3.41. The molecule has 0 saturated heterocycles. The van der Waals surface area contributed by atoms with E-state index in [1.54, 1.807) is 0 Å². The van der Waals surface area contributed by atoms with E-state index in [1.807, 2.05) is 43.3 Å². The molecule has 5 nitrogen and oxygen atoms in total. The number of aryl methyl sites for hydroxylation is 1. The highest BCUT2D eigenvalue weighted by atomic mass is 32.1. The number of likely N-dealkylation sites (N-methyl/N-ethyl adjacent to an activating group) is 1. The molecule has 0 fully saturated rings. The van der Waals surface area contributed by atoms with E-state index in [9.17, 15) is 4.79 Å². The Kier molecular flexibility index (Phi) is 7.01. The second kappa shape index (κ2) is 9.67. The molecule has 0 spiro atoms. The van der Waals surface area contributed by atoms with E-state index in [0.717, 1.165) is 35.1 Å². The molecule has 3 aromatic rings. The van der Waals surface area contributed by atoms with Gasteiger partial charge in [-0.25, -0.2) is 0 Å². The number of pyridine rings is 1. The number of nitrogens with zero attached hydrogens (tertiary/aromatic N) is 1. The molecule has 3 rings (SSSR count). The highest BCUT2D eigenvalue weighted by Crippen LogP contribution is 2.14. The van der Waals surface area contributed by atoms with Crippen LogP contribution in [0, 0.1) is 6.92 Å². The van der Waals surface area contributed by atoms with Gasteiger partial charge in [-0.3, -0.25) is 4.79 Å². The third-order valence-corrected chi connectivity index (χ3v) is 5.30. The van der Waals surface area contributed by atoms with Gasteiger partial charge in [0.1, 0.15) is 0 Å². The topological polar surface area (TPSA) is 52.6 Å². The zero-order valence-electron chi connectivity index (χ0n) is 17.3. The van der Waals surface area contributed by atoms with Crippen LogP contribution >= 0.6 is 12.2 Å². The number of hydrogen-bond acceptors (Lipinski definition) is 2. The highest BCUT2D eigenvalue weighted by Gasteiger charge is 2.14. The molecule has 0 aliphatic heterocycles. The van der Waals surface area contributed by atoms with E-state index >= 15 is 0 Å². The summed E-state index contributed by atoms with van der Waals surface area (Å²) in [6, 6.07) is 18.3. The average Bonchev–Trinajstić information content (AvgIpc) is 2.70. The largest absolute Gasteiger partial charge is 0.358 e. The third-order valence-electron chi connectivity index (χ3n) is 4.90. The molecule has 0 unspecified atom stereocenters. The molecule has 0 bridgehead atoms. The van der Waals surface area contributed by atoms with Crippen molar-refractivity contribution < 1.29 is 4.90 Å². The summed E-state index contributed by atoms with van der Waals surface area (Å²) in [7, 11) is 4.23. The lowest BCUT2D eigenvalue weighted by Gasteiger charge is -2.26. The number of benzene rings is 2. The van der Waals surface area contributed by atoms with Gasteiger partial charge in [0.2, 0.25) is 0 Å². The summed E-state index contributed by atoms with van der Waals surface area (Å²) in [6.07, 6.45) is 0. The molecule has 152 valence electrons. The van der Waals surface area contributed by atoms with Gasteiger partial charge in [0.05, 0.1) is 33.7 Å². The Bertz CT molecular complexity index is 1030. The molecule has 0 amide bonds. The Morgan fingerprint density at radius 1 is 1.14 bits per heavy atom. The summed E-state index contributed by atoms with van der Waals surface area (Å²) in [5.74, 6) is 0. The Hall–Kier alpha value is -2.70. The summed E-state index contributed by atoms with van der Waals surface area (Å²) in [5, 5.41) is 5.04. The summed E-state index contributed by atoms with van der Waals surface area (Å²) >= 11 is 5.68. The molecule has 0 atom stereocenters. The standard InChI is InChI=1S/C23H28N4OS/c1-17-9-10-19-14-20(22(28)25-21(19)13-17)16-27(12-11-26(2)3)23(29)24-15-18-7-5-4-6-8-18/h4-10,13-14H,11-12,15-16H2,1-3H3,(H,24,29)(H,25,28)/p+1. The molecule has 29 heavy (non-hydrogen) atoms. The van der Waals surface area contributed by atoms with Crippen molar-refractivity contribution in [2.45, 2.75) is 20.0 Å². The number of thiocarbonyl (C=S) groups is 1. The Balaban J connectivity index is 1.78. The highest BCUT2D eigenvalue weighted by molar-refractivity contribution is 7.80. The smallest absolute Gasteiger partial charge is 0.253 e. The number of aromatic nitrogens is 1. The van der Waals surface area contributed by atoms with Crippen molar-refractivity contribution in [1.29, 1.82) is 0 Å². The summed E-state index contributed by atoms with van der Waals surface area (Å²) in [4.78, 5) is 19.1. The summed E-state index contributed by atoms with van der Waals surface area (Å²) in [6.45, 7) is 4.87. The maximum Gasteiger partial charge on any atom is 0.253 e. The van der Waals surface area contributed by atoms with E-state index in [-0.39, 0.29) is 5.56 Å². The van der Waals surface area contributed by atoms with Crippen LogP contribution in [0.15, 0.2) is 59.4 Å². The van der Waals surface area contributed by atoms with Crippen molar-refractivity contribution in [2.24, 2.45) is 0 Å². The molecule has 1 heterocycles. The zero-order chi connectivity index (χ0) is 20.8. The van der Waals surface area contributed by atoms with Crippen LogP contribution < -0.4 is 15.8 Å². The molecular formula is C23H29N4OS+. The molecule has 2 aromatic carbocycles. The van der Waals surface area contributed by atoms with Crippen LogP contribution in [-0.2, 0) is 13.1 Å². The average molecular weight is 410 g/mol. The zero-order valence-corrected chi connectivity index (χ0v) is 18.1. The third kappa shape index (κ3) is 5.89. The predicted octanol–water partition coefficient (Wildman–Crippen LogP) is 1.86. The Morgan fingerprint density at radius 2 is 1.90 bits per heavy atom. The SMILES string of the molecule is Cc1ccc2cc(CN(CC[NH+](C)C)C(=S)NCc3ccccc3)c(=O)[nH]c2c1. The number of aromatic amines is 1. The van der Waals surface area contributed by atoms with Gasteiger partial charge in [0.15, 0.2) is 5.11 Å². The van der Waals surface area contributed by atoms with Crippen molar-refractivity contribution in [3.05, 3.63) is 81.6 Å². The molecule has 6 heteroatoms. The van der Waals surface area contributed by atoms with Crippen molar-refractivity contribution in [3.63, 3.8) is 0 Å². The van der Waals surface area contributed by atoms with Crippen molar-refractivity contribution >= 4 is 28.2 Å². The van der Waals surface area contributed by atoms with Gasteiger partial charge in [0.25, 0.3) is 5.56 Å². The molecule has 0 aliphatic rings. The van der Waals surface area contributed by atoms with E-state index < -0.39 is 0 Å². The van der Waals surface area contributed by atoms with Crippen LogP contribution in [0.5, 0.6) is 0 Å². The van der Waals surface area contributed by atoms with Gasteiger partial charge in [-0.1, -0.05) is 42.5 Å². The molecule has 0 aliphatic carbocycles. The van der Waals surface area contributed by atoms with Crippen molar-refractivity contribution in [3.8, 4) is 0 Å². The van der Waals surface area contributed by atoms with Crippen molar-refractivity contribution in [2.75, 3.05) is 27.2 Å². The first-order chi connectivity index (χ1) is 13.9. The fraction of sp³-hybridized carbons (Fsp3) is 0.304. The Labute approximate surface area is 177 Å². The maximum absolute atomic E-state index is 12.7. The first kappa shape index (κ1) is 21.0. The van der Waals surface area contributed by atoms with Gasteiger partial charge >= 0.3 is 0 Å². The van der Waals surface area contributed by atoms with Gasteiger partial charge in [-0.15, -0.1) is 0 Å². The van der Waals surface area contributed by atoms with E-state index in [0.29, 0.717) is 18.2 Å². The minimum atomic E-state index is -0.0591. The lowest BCUT2D eigenvalue weighted by molar-refractivity contribution is -0.857. The number of hydrogen-bond donors (Lipinski definition) is 3. The summed E-state index contributed by atoms with van der Waals surface area (Å²) in [5.41, 5.74) is 3.83. The first-order valence-electron chi connectivity index (χ1n) is 9.90. The number of nitrogens with one attached hydrogen (secondary N) is 3. The monoisotopic (exact) mass is 409 g/mol. The second-order valence-corrected chi connectivity index (χ2v) is 8.12. The quantitative estimate of drug-likeness (QED) is 0.522. The van der Waals surface area contributed by atoms with E-state index in [4.69, 9.17) is 12.2 Å². The van der Waals surface area contributed by atoms with E-state index in [2.05, 4.69) is 47.5 Å².